The number of aromatic nitrogens is 3. The summed E-state index contributed by atoms with van der Waals surface area (Å²) >= 11 is 0. The van der Waals surface area contributed by atoms with Gasteiger partial charge in [-0.3, -0.25) is 4.79 Å². The molecule has 7 nitrogen and oxygen atoms in total. The lowest BCUT2D eigenvalue weighted by Crippen LogP contribution is -2.16. The molecule has 3 heterocycles. The number of rotatable bonds is 5. The molecule has 4 rings (SSSR count). The monoisotopic (exact) mass is 361 g/mol. The third-order valence-corrected chi connectivity index (χ3v) is 4.50. The smallest absolute Gasteiger partial charge is 0.229 e. The molecule has 1 atom stereocenters. The van der Waals surface area contributed by atoms with Crippen molar-refractivity contribution in [3.8, 4) is 5.75 Å². The van der Waals surface area contributed by atoms with Crippen LogP contribution in [0.3, 0.4) is 0 Å². The number of hydrogen-bond donors (Lipinski definition) is 2. The molecule has 0 saturated carbocycles. The molecule has 1 aromatic carbocycles. The number of hydrogen-bond acceptors (Lipinski definition) is 6. The van der Waals surface area contributed by atoms with Crippen LogP contribution in [-0.4, -0.2) is 34.5 Å². The molecule has 2 aromatic heterocycles. The molecule has 0 bridgehead atoms. The first-order valence-electron chi connectivity index (χ1n) is 8.66. The molecule has 2 N–H and O–H groups in total. The third kappa shape index (κ3) is 3.72. The standard InChI is InChI=1S/C20H19N5O2/c1-27-14-5-2-4-13(8-14)9-19(26)25-18-10-17(23-12-24-18)16-11-22-20-15(16)6-3-7-21-20/h2-8,10,12,16H,9,11H2,1H3,(H,21,22)(H,23,24,25,26). The van der Waals surface area contributed by atoms with E-state index in [-0.39, 0.29) is 18.2 Å². The van der Waals surface area contributed by atoms with Crippen molar-refractivity contribution in [2.75, 3.05) is 24.3 Å². The van der Waals surface area contributed by atoms with E-state index >= 15 is 0 Å². The summed E-state index contributed by atoms with van der Waals surface area (Å²) in [6.45, 7) is 0.723. The normalized spacial score (nSPS) is 14.9. The molecule has 136 valence electrons. The Kier molecular flexibility index (Phi) is 4.65. The summed E-state index contributed by atoms with van der Waals surface area (Å²) in [5.41, 5.74) is 2.83. The zero-order chi connectivity index (χ0) is 18.6. The van der Waals surface area contributed by atoms with E-state index < -0.39 is 0 Å². The molecule has 3 aromatic rings. The van der Waals surface area contributed by atoms with Gasteiger partial charge in [-0.25, -0.2) is 15.0 Å². The van der Waals surface area contributed by atoms with Crippen molar-refractivity contribution in [3.63, 3.8) is 0 Å². The number of amides is 1. The number of carbonyl (C=O) groups is 1. The van der Waals surface area contributed by atoms with Crippen molar-refractivity contribution in [1.82, 2.24) is 15.0 Å². The maximum absolute atomic E-state index is 12.4. The van der Waals surface area contributed by atoms with Crippen LogP contribution in [0.4, 0.5) is 11.6 Å². The lowest BCUT2D eigenvalue weighted by atomic mass is 9.99. The van der Waals surface area contributed by atoms with Crippen molar-refractivity contribution < 1.29 is 9.53 Å². The van der Waals surface area contributed by atoms with E-state index in [0.29, 0.717) is 5.82 Å². The van der Waals surface area contributed by atoms with Crippen LogP contribution >= 0.6 is 0 Å². The predicted octanol–water partition coefficient (Wildman–Crippen LogP) is 2.62. The summed E-state index contributed by atoms with van der Waals surface area (Å²) in [5, 5.41) is 6.13. The number of nitrogens with one attached hydrogen (secondary N) is 2. The molecule has 1 aliphatic heterocycles. The van der Waals surface area contributed by atoms with Gasteiger partial charge in [0.05, 0.1) is 19.2 Å². The lowest BCUT2D eigenvalue weighted by molar-refractivity contribution is -0.115. The fraction of sp³-hybridized carbons (Fsp3) is 0.200. The van der Waals surface area contributed by atoms with Gasteiger partial charge in [0.1, 0.15) is 23.7 Å². The maximum atomic E-state index is 12.4. The summed E-state index contributed by atoms with van der Waals surface area (Å²) in [6.07, 6.45) is 3.48. The van der Waals surface area contributed by atoms with Gasteiger partial charge in [0.25, 0.3) is 0 Å². The second kappa shape index (κ2) is 7.41. The third-order valence-electron chi connectivity index (χ3n) is 4.50. The Balaban J connectivity index is 1.47. The molecule has 0 radical (unpaired) electrons. The summed E-state index contributed by atoms with van der Waals surface area (Å²) in [4.78, 5) is 25.3. The molecule has 0 spiro atoms. The predicted molar refractivity (Wildman–Crippen MR) is 102 cm³/mol. The number of nitrogens with zero attached hydrogens (tertiary/aromatic N) is 3. The maximum Gasteiger partial charge on any atom is 0.229 e. The van der Waals surface area contributed by atoms with Crippen LogP contribution in [-0.2, 0) is 11.2 Å². The Morgan fingerprint density at radius 1 is 1.22 bits per heavy atom. The first-order valence-corrected chi connectivity index (χ1v) is 8.66. The summed E-state index contributed by atoms with van der Waals surface area (Å²) < 4.78 is 5.19. The second-order valence-corrected chi connectivity index (χ2v) is 6.28. The highest BCUT2D eigenvalue weighted by atomic mass is 16.5. The minimum absolute atomic E-state index is 0.0886. The van der Waals surface area contributed by atoms with Gasteiger partial charge in [0.15, 0.2) is 0 Å². The van der Waals surface area contributed by atoms with Crippen LogP contribution < -0.4 is 15.4 Å². The average Bonchev–Trinajstić information content (AvgIpc) is 3.12. The molecule has 0 aliphatic carbocycles. The summed E-state index contributed by atoms with van der Waals surface area (Å²) in [7, 11) is 1.60. The molecule has 1 aliphatic rings. The first kappa shape index (κ1) is 17.0. The number of anilines is 2. The number of benzene rings is 1. The van der Waals surface area contributed by atoms with E-state index in [1.807, 2.05) is 42.5 Å². The van der Waals surface area contributed by atoms with E-state index in [2.05, 4.69) is 25.6 Å². The Hall–Kier alpha value is -3.48. The van der Waals surface area contributed by atoms with E-state index in [4.69, 9.17) is 4.74 Å². The highest BCUT2D eigenvalue weighted by Crippen LogP contribution is 2.33. The molecule has 1 unspecified atom stereocenters. The Morgan fingerprint density at radius 2 is 2.15 bits per heavy atom. The van der Waals surface area contributed by atoms with Crippen LogP contribution in [0.5, 0.6) is 5.75 Å². The number of fused-ring (bicyclic) bond motifs is 1. The molecule has 0 fully saturated rings. The van der Waals surface area contributed by atoms with Gasteiger partial charge in [-0.05, 0) is 23.8 Å². The number of carbonyl (C=O) groups excluding carboxylic acids is 1. The molecular weight excluding hydrogens is 342 g/mol. The van der Waals surface area contributed by atoms with Crippen LogP contribution in [0.25, 0.3) is 0 Å². The van der Waals surface area contributed by atoms with Crippen molar-refractivity contribution in [2.24, 2.45) is 0 Å². The van der Waals surface area contributed by atoms with Gasteiger partial charge in [0.2, 0.25) is 5.91 Å². The highest BCUT2D eigenvalue weighted by Gasteiger charge is 2.25. The van der Waals surface area contributed by atoms with Crippen molar-refractivity contribution >= 4 is 17.5 Å². The molecular formula is C20H19N5O2. The van der Waals surface area contributed by atoms with Crippen LogP contribution in [0.15, 0.2) is 55.0 Å². The highest BCUT2D eigenvalue weighted by molar-refractivity contribution is 5.91. The summed E-state index contributed by atoms with van der Waals surface area (Å²) in [5.74, 6) is 2.05. The van der Waals surface area contributed by atoms with Gasteiger partial charge < -0.3 is 15.4 Å². The largest absolute Gasteiger partial charge is 0.497 e. The summed E-state index contributed by atoms with van der Waals surface area (Å²) in [6, 6.07) is 13.2. The van der Waals surface area contributed by atoms with Crippen LogP contribution in [0.1, 0.15) is 22.7 Å². The van der Waals surface area contributed by atoms with Gasteiger partial charge in [-0.15, -0.1) is 0 Å². The Labute approximate surface area is 156 Å². The van der Waals surface area contributed by atoms with Crippen molar-refractivity contribution in [1.29, 1.82) is 0 Å². The first-order chi connectivity index (χ1) is 13.2. The molecule has 0 saturated heterocycles. The van der Waals surface area contributed by atoms with E-state index in [9.17, 15) is 4.79 Å². The quantitative estimate of drug-likeness (QED) is 0.726. The molecule has 27 heavy (non-hydrogen) atoms. The van der Waals surface area contributed by atoms with Gasteiger partial charge in [0, 0.05) is 30.3 Å². The minimum Gasteiger partial charge on any atom is -0.497 e. The second-order valence-electron chi connectivity index (χ2n) is 6.28. The Morgan fingerprint density at radius 3 is 3.04 bits per heavy atom. The van der Waals surface area contributed by atoms with Gasteiger partial charge in [-0.1, -0.05) is 18.2 Å². The van der Waals surface area contributed by atoms with E-state index in [0.717, 1.165) is 34.9 Å². The topological polar surface area (TPSA) is 89.0 Å². The number of methoxy groups -OCH3 is 1. The average molecular weight is 361 g/mol. The molecule has 7 heteroatoms. The van der Waals surface area contributed by atoms with Crippen LogP contribution in [0, 0.1) is 0 Å². The minimum atomic E-state index is -0.139. The zero-order valence-corrected chi connectivity index (χ0v) is 14.8. The fourth-order valence-electron chi connectivity index (χ4n) is 3.21. The lowest BCUT2D eigenvalue weighted by Gasteiger charge is -2.11. The van der Waals surface area contributed by atoms with Crippen LogP contribution in [0.2, 0.25) is 0 Å². The SMILES string of the molecule is COc1cccc(CC(=O)Nc2cc(C3CNc4ncccc43)ncn2)c1. The number of pyridine rings is 1. The van der Waals surface area contributed by atoms with Gasteiger partial charge >= 0.3 is 0 Å². The molecule has 1 amide bonds. The number of ether oxygens (including phenoxy) is 1. The van der Waals surface area contributed by atoms with Crippen molar-refractivity contribution in [2.45, 2.75) is 12.3 Å². The Bertz CT molecular complexity index is 976. The van der Waals surface area contributed by atoms with Crippen molar-refractivity contribution in [3.05, 3.63) is 71.8 Å². The zero-order valence-electron chi connectivity index (χ0n) is 14.8. The van der Waals surface area contributed by atoms with Gasteiger partial charge in [-0.2, -0.15) is 0 Å². The van der Waals surface area contributed by atoms with E-state index in [1.54, 1.807) is 13.3 Å². The fourth-order valence-corrected chi connectivity index (χ4v) is 3.21. The van der Waals surface area contributed by atoms with E-state index in [1.165, 1.54) is 6.33 Å².